The summed E-state index contributed by atoms with van der Waals surface area (Å²) in [5, 5.41) is 7.04. The van der Waals surface area contributed by atoms with Crippen molar-refractivity contribution in [2.24, 2.45) is 4.99 Å². The Hall–Kier alpha value is -0.890. The molecule has 1 saturated carbocycles. The Bertz CT molecular complexity index is 608. The zero-order chi connectivity index (χ0) is 17.9. The maximum Gasteiger partial charge on any atom is 0.191 e. The van der Waals surface area contributed by atoms with Crippen molar-refractivity contribution in [1.29, 1.82) is 0 Å². The first-order chi connectivity index (χ1) is 12.0. The number of benzene rings is 1. The van der Waals surface area contributed by atoms with Crippen molar-refractivity contribution in [3.63, 3.8) is 0 Å². The second-order valence-corrected chi connectivity index (χ2v) is 7.76. The lowest BCUT2D eigenvalue weighted by Gasteiger charge is -2.35. The fourth-order valence-corrected chi connectivity index (χ4v) is 3.74. The third-order valence-corrected chi connectivity index (χ3v) is 5.71. The second-order valence-electron chi connectivity index (χ2n) is 7.76. The third-order valence-electron chi connectivity index (χ3n) is 5.71. The molecular formula is C20H32FIN4. The molecule has 1 aliphatic carbocycles. The van der Waals surface area contributed by atoms with E-state index < -0.39 is 0 Å². The van der Waals surface area contributed by atoms with Crippen LogP contribution in [0.3, 0.4) is 0 Å². The number of nitrogens with one attached hydrogen (secondary N) is 2. The smallest absolute Gasteiger partial charge is 0.191 e. The van der Waals surface area contributed by atoms with Gasteiger partial charge in [-0.2, -0.15) is 0 Å². The van der Waals surface area contributed by atoms with Crippen LogP contribution < -0.4 is 10.6 Å². The highest BCUT2D eigenvalue weighted by Crippen LogP contribution is 2.47. The molecule has 1 aliphatic heterocycles. The third kappa shape index (κ3) is 5.31. The average Bonchev–Trinajstić information content (AvgIpc) is 3.40. The number of nitrogens with zero attached hydrogens (tertiary/aromatic N) is 2. The Morgan fingerprint density at radius 1 is 1.31 bits per heavy atom. The van der Waals surface area contributed by atoms with E-state index in [1.54, 1.807) is 12.1 Å². The molecule has 0 aromatic heterocycles. The van der Waals surface area contributed by atoms with Gasteiger partial charge < -0.3 is 15.5 Å². The zero-order valence-electron chi connectivity index (χ0n) is 16.1. The number of hydrogen-bond donors (Lipinski definition) is 2. The Balaban J connectivity index is 0.00000243. The lowest BCUT2D eigenvalue weighted by atomic mass is 9.96. The lowest BCUT2D eigenvalue weighted by Crippen LogP contribution is -2.50. The van der Waals surface area contributed by atoms with Gasteiger partial charge in [-0.05, 0) is 57.2 Å². The highest BCUT2D eigenvalue weighted by molar-refractivity contribution is 14.0. The van der Waals surface area contributed by atoms with Crippen LogP contribution in [0, 0.1) is 5.82 Å². The molecule has 0 spiro atoms. The summed E-state index contributed by atoms with van der Waals surface area (Å²) >= 11 is 0. The first kappa shape index (κ1) is 21.4. The number of aliphatic imine (C=N–C) groups is 1. The van der Waals surface area contributed by atoms with Gasteiger partial charge >= 0.3 is 0 Å². The van der Waals surface area contributed by atoms with Crippen LogP contribution in [-0.2, 0) is 5.41 Å². The second kappa shape index (κ2) is 9.35. The van der Waals surface area contributed by atoms with Crippen LogP contribution in [0.1, 0.15) is 45.1 Å². The summed E-state index contributed by atoms with van der Waals surface area (Å²) in [4.78, 5) is 6.91. The van der Waals surface area contributed by atoms with Crippen LogP contribution in [0.4, 0.5) is 4.39 Å². The molecule has 3 rings (SSSR count). The zero-order valence-corrected chi connectivity index (χ0v) is 18.4. The van der Waals surface area contributed by atoms with Crippen molar-refractivity contribution in [3.05, 3.63) is 35.6 Å². The predicted octanol–water partition coefficient (Wildman–Crippen LogP) is 3.51. The van der Waals surface area contributed by atoms with Gasteiger partial charge in [0.15, 0.2) is 5.96 Å². The number of hydrogen-bond acceptors (Lipinski definition) is 2. The van der Waals surface area contributed by atoms with E-state index in [1.165, 1.54) is 6.07 Å². The summed E-state index contributed by atoms with van der Waals surface area (Å²) in [6, 6.07) is 8.13. The highest BCUT2D eigenvalue weighted by Gasteiger charge is 2.44. The van der Waals surface area contributed by atoms with Crippen molar-refractivity contribution in [2.75, 3.05) is 26.7 Å². The van der Waals surface area contributed by atoms with E-state index in [0.717, 1.165) is 56.8 Å². The maximum absolute atomic E-state index is 13.5. The Labute approximate surface area is 174 Å². The largest absolute Gasteiger partial charge is 0.356 e. The van der Waals surface area contributed by atoms with Crippen molar-refractivity contribution in [3.8, 4) is 0 Å². The minimum Gasteiger partial charge on any atom is -0.356 e. The van der Waals surface area contributed by atoms with Crippen LogP contribution in [0.25, 0.3) is 0 Å². The number of guanidine groups is 1. The minimum atomic E-state index is -0.150. The molecule has 0 amide bonds. The number of piperidine rings is 1. The van der Waals surface area contributed by atoms with Gasteiger partial charge in [0, 0.05) is 44.2 Å². The molecule has 26 heavy (non-hydrogen) atoms. The molecule has 6 heteroatoms. The van der Waals surface area contributed by atoms with E-state index in [0.29, 0.717) is 12.1 Å². The fraction of sp³-hybridized carbons (Fsp3) is 0.650. The molecule has 1 saturated heterocycles. The molecule has 146 valence electrons. The standard InChI is InChI=1S/C20H31FN4.HI/c1-15(2)25-11-7-18(8-12-25)24-19(22-3)23-14-20(9-10-20)16-5-4-6-17(21)13-16;/h4-6,13,15,18H,7-12,14H2,1-3H3,(H2,22,23,24);1H. The first-order valence-electron chi connectivity index (χ1n) is 9.50. The van der Waals surface area contributed by atoms with Gasteiger partial charge in [-0.15, -0.1) is 24.0 Å². The lowest BCUT2D eigenvalue weighted by molar-refractivity contribution is 0.167. The molecule has 2 N–H and O–H groups in total. The summed E-state index contributed by atoms with van der Waals surface area (Å²) in [5.74, 6) is 0.717. The maximum atomic E-state index is 13.5. The topological polar surface area (TPSA) is 39.7 Å². The quantitative estimate of drug-likeness (QED) is 0.390. The molecule has 0 radical (unpaired) electrons. The van der Waals surface area contributed by atoms with Crippen molar-refractivity contribution in [1.82, 2.24) is 15.5 Å². The van der Waals surface area contributed by atoms with Crippen LogP contribution in [0.2, 0.25) is 0 Å². The van der Waals surface area contributed by atoms with Crippen molar-refractivity contribution < 1.29 is 4.39 Å². The Morgan fingerprint density at radius 3 is 2.54 bits per heavy atom. The molecule has 0 bridgehead atoms. The van der Waals surface area contributed by atoms with Gasteiger partial charge in [-0.25, -0.2) is 4.39 Å². The molecule has 0 unspecified atom stereocenters. The van der Waals surface area contributed by atoms with Crippen molar-refractivity contribution in [2.45, 2.75) is 57.0 Å². The number of likely N-dealkylation sites (tertiary alicyclic amines) is 1. The van der Waals surface area contributed by atoms with Crippen LogP contribution in [0.15, 0.2) is 29.3 Å². The normalized spacial score (nSPS) is 20.6. The van der Waals surface area contributed by atoms with Gasteiger partial charge in [0.1, 0.15) is 5.82 Å². The predicted molar refractivity (Wildman–Crippen MR) is 117 cm³/mol. The van der Waals surface area contributed by atoms with E-state index in [9.17, 15) is 4.39 Å². The van der Waals surface area contributed by atoms with Crippen molar-refractivity contribution >= 4 is 29.9 Å². The van der Waals surface area contributed by atoms with E-state index in [2.05, 4.69) is 34.4 Å². The molecule has 2 aliphatic rings. The molecule has 1 aromatic carbocycles. The average molecular weight is 474 g/mol. The van der Waals surface area contributed by atoms with E-state index in [1.807, 2.05) is 13.1 Å². The molecule has 1 heterocycles. The highest BCUT2D eigenvalue weighted by atomic mass is 127. The Kier molecular flexibility index (Phi) is 7.70. The van der Waals surface area contributed by atoms with E-state index >= 15 is 0 Å². The number of rotatable bonds is 5. The van der Waals surface area contributed by atoms with Gasteiger partial charge in [0.05, 0.1) is 0 Å². The summed E-state index contributed by atoms with van der Waals surface area (Å²) in [5.41, 5.74) is 1.17. The van der Waals surface area contributed by atoms with Gasteiger partial charge in [0.2, 0.25) is 0 Å². The summed E-state index contributed by atoms with van der Waals surface area (Å²) in [6.07, 6.45) is 4.50. The SMILES string of the molecule is CN=C(NCC1(c2cccc(F)c2)CC1)NC1CCN(C(C)C)CC1.I. The molecule has 2 fully saturated rings. The Morgan fingerprint density at radius 2 is 2.00 bits per heavy atom. The van der Waals surface area contributed by atoms with E-state index in [-0.39, 0.29) is 35.2 Å². The van der Waals surface area contributed by atoms with Gasteiger partial charge in [-0.3, -0.25) is 4.99 Å². The van der Waals surface area contributed by atoms with Gasteiger partial charge in [0.25, 0.3) is 0 Å². The minimum absolute atomic E-state index is 0. The van der Waals surface area contributed by atoms with Gasteiger partial charge in [-0.1, -0.05) is 12.1 Å². The molecule has 4 nitrogen and oxygen atoms in total. The molecule has 0 atom stereocenters. The summed E-state index contributed by atoms with van der Waals surface area (Å²) in [6.45, 7) is 7.60. The van der Waals surface area contributed by atoms with Crippen LogP contribution >= 0.6 is 24.0 Å². The number of halogens is 2. The molecular weight excluding hydrogens is 442 g/mol. The fourth-order valence-electron chi connectivity index (χ4n) is 3.74. The first-order valence-corrected chi connectivity index (χ1v) is 9.50. The van der Waals surface area contributed by atoms with Crippen LogP contribution in [0.5, 0.6) is 0 Å². The monoisotopic (exact) mass is 474 g/mol. The van der Waals surface area contributed by atoms with Crippen LogP contribution in [-0.4, -0.2) is 49.6 Å². The summed E-state index contributed by atoms with van der Waals surface area (Å²) in [7, 11) is 1.82. The molecule has 1 aromatic rings. The summed E-state index contributed by atoms with van der Waals surface area (Å²) < 4.78 is 13.5. The van der Waals surface area contributed by atoms with E-state index in [4.69, 9.17) is 0 Å².